The number of hydrogen-bond acceptors (Lipinski definition) is 14. The lowest BCUT2D eigenvalue weighted by atomic mass is 9.96. The van der Waals surface area contributed by atoms with E-state index in [9.17, 15) is 4.79 Å². The summed E-state index contributed by atoms with van der Waals surface area (Å²) in [4.78, 5) is 44.7. The average Bonchev–Trinajstić information content (AvgIpc) is 0.770. The number of carbonyl (C=O) groups excluding carboxylic acids is 3. The average molecular weight is 1480 g/mol. The van der Waals surface area contributed by atoms with E-state index < -0.39 is 87.0 Å². The van der Waals surface area contributed by atoms with Crippen LogP contribution in [0.3, 0.4) is 0 Å². The minimum atomic E-state index is -4.83. The maximum Gasteiger partial charge on any atom is 0.588 e. The summed E-state index contributed by atoms with van der Waals surface area (Å²) in [5.74, 6) is -1.03. The third-order valence-electron chi connectivity index (χ3n) is 19.7. The van der Waals surface area contributed by atoms with Gasteiger partial charge in [0.1, 0.15) is 42.6 Å². The van der Waals surface area contributed by atoms with Crippen LogP contribution in [0.1, 0.15) is 286 Å². The number of benzene rings is 2. The number of phosphoric ester groups is 1. The first-order valence-corrected chi connectivity index (χ1v) is 52.1. The van der Waals surface area contributed by atoms with E-state index in [-0.39, 0.29) is 61.8 Å². The Balaban J connectivity index is 2.16. The molecule has 1 heterocycles. The van der Waals surface area contributed by atoms with Crippen molar-refractivity contribution in [2.45, 2.75) is 398 Å². The van der Waals surface area contributed by atoms with Crippen LogP contribution >= 0.6 is 7.82 Å². The molecule has 1 fully saturated rings. The monoisotopic (exact) mass is 1470 g/mol. The molecule has 0 spiro atoms. The van der Waals surface area contributed by atoms with Gasteiger partial charge in [0.25, 0.3) is 0 Å². The molecule has 1 aliphatic rings. The third kappa shape index (κ3) is 44.1. The van der Waals surface area contributed by atoms with Crippen LogP contribution in [0.25, 0.3) is 0 Å². The standard InChI is InChI=1S/C81H148NO14PSi3/c1-15-18-21-24-27-30-32-33-35-38-41-44-53-60-75(84)91-72(59-48-43-40-37-34-31-28-25-22-19-16-2)66-76(85)93-79-77(82-74(83)65-71(89-68-87-61-63-98(7,8)9)58-47-42-39-36-29-26-23-20-17-3)80(88-62-64-99(10,11)12)92-73(67-90-100(13,14)81(4,5)6)78(79)96-97(86,94-69-54-49-45-50-55-69)95-70-56-51-46-52-57-70/h45-46,49-52,54-57,71-73,77-80H,15-44,47-48,53,58-68H2,1-14H3,(H,82,83)/t71?,72?,73-,77-,78-,79-,80-/m1/s1. The van der Waals surface area contributed by atoms with Crippen LogP contribution < -0.4 is 14.4 Å². The largest absolute Gasteiger partial charge is 0.588 e. The van der Waals surface area contributed by atoms with Crippen LogP contribution in [0, 0.1) is 0 Å². The van der Waals surface area contributed by atoms with Gasteiger partial charge < -0.3 is 47.2 Å². The van der Waals surface area contributed by atoms with Gasteiger partial charge in [0.15, 0.2) is 20.7 Å². The molecule has 2 aromatic carbocycles. The van der Waals surface area contributed by atoms with Crippen LogP contribution in [0.2, 0.25) is 69.5 Å². The maximum atomic E-state index is 15.9. The van der Waals surface area contributed by atoms with Crippen molar-refractivity contribution >= 4 is 50.1 Å². The van der Waals surface area contributed by atoms with Gasteiger partial charge in [0.05, 0.1) is 25.6 Å². The number of unbranched alkanes of at least 4 members (excludes halogenated alkanes) is 30. The fourth-order valence-corrected chi connectivity index (χ4v) is 16.1. The number of hydrogen-bond donors (Lipinski definition) is 1. The van der Waals surface area contributed by atoms with Crippen molar-refractivity contribution in [3.63, 3.8) is 0 Å². The topological polar surface area (TPSA) is 173 Å². The van der Waals surface area contributed by atoms with E-state index in [0.717, 1.165) is 76.3 Å². The minimum absolute atomic E-state index is 0.0421. The van der Waals surface area contributed by atoms with Crippen LogP contribution in [-0.4, -0.2) is 112 Å². The zero-order chi connectivity index (χ0) is 73.4. The molecule has 0 saturated carbocycles. The number of amides is 1. The van der Waals surface area contributed by atoms with Crippen LogP contribution in [-0.2, 0) is 56.3 Å². The van der Waals surface area contributed by atoms with Gasteiger partial charge >= 0.3 is 19.8 Å². The number of esters is 2. The fraction of sp³-hybridized carbons (Fsp3) is 0.815. The van der Waals surface area contributed by atoms with Gasteiger partial charge in [-0.3, -0.25) is 18.9 Å². The van der Waals surface area contributed by atoms with Crippen molar-refractivity contribution in [1.82, 2.24) is 5.32 Å². The molecule has 19 heteroatoms. The van der Waals surface area contributed by atoms with Gasteiger partial charge in [-0.2, -0.15) is 0 Å². The first-order chi connectivity index (χ1) is 47.8. The highest BCUT2D eigenvalue weighted by Crippen LogP contribution is 2.53. The van der Waals surface area contributed by atoms with Gasteiger partial charge in [0.2, 0.25) is 5.91 Å². The molecule has 0 radical (unpaired) electrons. The Bertz CT molecular complexity index is 2380. The second kappa shape index (κ2) is 53.0. The number of nitrogens with one attached hydrogen (secondary N) is 1. The Morgan fingerprint density at radius 1 is 0.520 bits per heavy atom. The molecule has 100 heavy (non-hydrogen) atoms. The Labute approximate surface area is 614 Å². The van der Waals surface area contributed by atoms with E-state index in [1.165, 1.54) is 141 Å². The third-order valence-corrected chi connectivity index (χ3v) is 29.0. The molecule has 0 aromatic heterocycles. The second-order valence-corrected chi connectivity index (χ2v) is 50.3. The zero-order valence-electron chi connectivity index (χ0n) is 66.1. The molecule has 2 aromatic rings. The number of carbonyl (C=O) groups is 3. The molecule has 0 bridgehead atoms. The summed E-state index contributed by atoms with van der Waals surface area (Å²) in [6.07, 6.45) is 33.0. The zero-order valence-corrected chi connectivity index (χ0v) is 70.0. The van der Waals surface area contributed by atoms with Crippen LogP contribution in [0.15, 0.2) is 60.7 Å². The summed E-state index contributed by atoms with van der Waals surface area (Å²) >= 11 is 0. The molecule has 0 aliphatic carbocycles. The lowest BCUT2D eigenvalue weighted by molar-refractivity contribution is -0.269. The SMILES string of the molecule is CCCCCCCCCCCCCCCC(=O)OC(CCCCCCCCCCCCC)CC(=O)O[C@@H]1[C@@H](NC(=O)CC(CCCCCCCCCCC)OCOCC[Si](C)(C)C)[C@H](OCC[Si](C)(C)C)O[C@H](CO[Si](C)(C)C(C)(C)C)[C@H]1OP(=O)(Oc1ccccc1)Oc1ccccc1. The lowest BCUT2D eigenvalue weighted by Crippen LogP contribution is -2.67. The summed E-state index contributed by atoms with van der Waals surface area (Å²) < 4.78 is 82.4. The first-order valence-electron chi connectivity index (χ1n) is 40.3. The molecule has 1 aliphatic heterocycles. The van der Waals surface area contributed by atoms with Crippen molar-refractivity contribution in [3.8, 4) is 11.5 Å². The van der Waals surface area contributed by atoms with E-state index in [2.05, 4.69) is 99.2 Å². The van der Waals surface area contributed by atoms with E-state index in [4.69, 9.17) is 46.4 Å². The summed E-state index contributed by atoms with van der Waals surface area (Å²) in [5.41, 5.74) is 0. The fourth-order valence-electron chi connectivity index (χ4n) is 12.1. The number of para-hydroxylation sites is 2. The molecule has 1 saturated heterocycles. The minimum Gasteiger partial charge on any atom is -0.462 e. The number of rotatable bonds is 62. The molecular weight excluding hydrogens is 1330 g/mol. The second-order valence-electron chi connectivity index (χ2n) is 32.7. The molecule has 3 rings (SSSR count). The molecule has 578 valence electrons. The number of ether oxygens (including phenoxy) is 6. The number of phosphoric acid groups is 1. The van der Waals surface area contributed by atoms with Gasteiger partial charge in [-0.05, 0) is 80.2 Å². The Morgan fingerprint density at radius 3 is 1.38 bits per heavy atom. The highest BCUT2D eigenvalue weighted by molar-refractivity contribution is 7.49. The highest BCUT2D eigenvalue weighted by atomic mass is 31.2. The summed E-state index contributed by atoms with van der Waals surface area (Å²) in [7, 11) is -10.5. The summed E-state index contributed by atoms with van der Waals surface area (Å²) in [5, 5.41) is 3.03. The first kappa shape index (κ1) is 91.3. The normalized spacial score (nSPS) is 17.6. The van der Waals surface area contributed by atoms with Gasteiger partial charge in [-0.25, -0.2) is 4.57 Å². The van der Waals surface area contributed by atoms with E-state index in [1.807, 2.05) is 12.1 Å². The van der Waals surface area contributed by atoms with Crippen molar-refractivity contribution in [2.24, 2.45) is 0 Å². The smallest absolute Gasteiger partial charge is 0.462 e. The molecular formula is C81H148NO14PSi3. The summed E-state index contributed by atoms with van der Waals surface area (Å²) in [6.45, 7) is 32.0. The lowest BCUT2D eigenvalue weighted by Gasteiger charge is -2.47. The Kier molecular flexibility index (Phi) is 48.3. The maximum absolute atomic E-state index is 15.9. The van der Waals surface area contributed by atoms with Crippen molar-refractivity contribution < 1.29 is 65.4 Å². The van der Waals surface area contributed by atoms with Crippen LogP contribution in [0.5, 0.6) is 11.5 Å². The Morgan fingerprint density at radius 2 is 0.940 bits per heavy atom. The van der Waals surface area contributed by atoms with Crippen molar-refractivity contribution in [3.05, 3.63) is 60.7 Å². The van der Waals surface area contributed by atoms with E-state index in [0.29, 0.717) is 25.9 Å². The molecule has 2 unspecified atom stereocenters. The van der Waals surface area contributed by atoms with E-state index in [1.54, 1.807) is 48.5 Å². The van der Waals surface area contributed by atoms with Gasteiger partial charge in [0, 0.05) is 35.8 Å². The highest BCUT2D eigenvalue weighted by Gasteiger charge is 2.55. The van der Waals surface area contributed by atoms with Crippen molar-refractivity contribution in [1.29, 1.82) is 0 Å². The molecule has 1 amide bonds. The van der Waals surface area contributed by atoms with Gasteiger partial charge in [-0.15, -0.1) is 0 Å². The van der Waals surface area contributed by atoms with E-state index >= 15 is 14.2 Å². The molecule has 1 N–H and O–H groups in total. The Hall–Kier alpha value is -2.91. The van der Waals surface area contributed by atoms with Crippen molar-refractivity contribution in [2.75, 3.05) is 26.6 Å². The predicted molar refractivity (Wildman–Crippen MR) is 421 cm³/mol. The quantitative estimate of drug-likeness (QED) is 0.0218. The molecule has 15 nitrogen and oxygen atoms in total. The van der Waals surface area contributed by atoms with Gasteiger partial charge in [-0.1, -0.05) is 316 Å². The van der Waals surface area contributed by atoms with Crippen LogP contribution in [0.4, 0.5) is 0 Å². The predicted octanol–water partition coefficient (Wildman–Crippen LogP) is 23.6. The molecule has 7 atom stereocenters. The summed E-state index contributed by atoms with van der Waals surface area (Å²) in [6, 6.07) is 17.8.